The number of aromatic nitrogens is 2. The molecule has 1 atom stereocenters. The van der Waals surface area contributed by atoms with Gasteiger partial charge in [0.15, 0.2) is 0 Å². The van der Waals surface area contributed by atoms with Gasteiger partial charge in [-0.1, -0.05) is 13.8 Å². The number of carbonyl (C=O) groups is 1. The molecule has 0 saturated carbocycles. The third-order valence-corrected chi connectivity index (χ3v) is 4.28. The van der Waals surface area contributed by atoms with E-state index in [-0.39, 0.29) is 17.4 Å². The molecular weight excluding hydrogens is 252 g/mol. The van der Waals surface area contributed by atoms with Crippen molar-refractivity contribution >= 4 is 16.9 Å². The number of likely N-dealkylation sites (tertiary alicyclic amines) is 1. The fourth-order valence-electron chi connectivity index (χ4n) is 2.85. The van der Waals surface area contributed by atoms with E-state index in [4.69, 9.17) is 5.73 Å². The van der Waals surface area contributed by atoms with Gasteiger partial charge in [-0.2, -0.15) is 0 Å². The Hall–Kier alpha value is -1.88. The van der Waals surface area contributed by atoms with Crippen LogP contribution < -0.4 is 5.73 Å². The summed E-state index contributed by atoms with van der Waals surface area (Å²) in [6.07, 6.45) is 4.32. The number of rotatable bonds is 1. The molecule has 1 amide bonds. The number of hydrogen-bond donors (Lipinski definition) is 2. The molecule has 1 fully saturated rings. The Morgan fingerprint density at radius 1 is 1.55 bits per heavy atom. The molecule has 5 nitrogen and oxygen atoms in total. The van der Waals surface area contributed by atoms with E-state index in [2.05, 4.69) is 23.8 Å². The third kappa shape index (κ3) is 2.08. The molecule has 0 radical (unpaired) electrons. The van der Waals surface area contributed by atoms with E-state index in [1.807, 2.05) is 17.0 Å². The molecule has 1 unspecified atom stereocenters. The summed E-state index contributed by atoms with van der Waals surface area (Å²) in [6.45, 7) is 5.65. The van der Waals surface area contributed by atoms with E-state index in [0.717, 1.165) is 24.0 Å². The minimum Gasteiger partial charge on any atom is -0.345 e. The van der Waals surface area contributed by atoms with Gasteiger partial charge in [0.25, 0.3) is 5.91 Å². The van der Waals surface area contributed by atoms with E-state index < -0.39 is 0 Å². The van der Waals surface area contributed by atoms with E-state index >= 15 is 0 Å². The van der Waals surface area contributed by atoms with Crippen molar-refractivity contribution in [3.05, 3.63) is 30.1 Å². The smallest absolute Gasteiger partial charge is 0.256 e. The van der Waals surface area contributed by atoms with Crippen molar-refractivity contribution in [2.24, 2.45) is 11.1 Å². The Kier molecular flexibility index (Phi) is 3.01. The summed E-state index contributed by atoms with van der Waals surface area (Å²) < 4.78 is 0. The standard InChI is InChI=1S/C15H20N4O/c1-15(2)9-19(7-5-12(15)16)14(20)11-8-18-13-10(11)4-3-6-17-13/h3-4,6,8,12H,5,7,9,16H2,1-2H3,(H,17,18). The molecule has 3 heterocycles. The highest BCUT2D eigenvalue weighted by Crippen LogP contribution is 2.29. The van der Waals surface area contributed by atoms with Crippen LogP contribution in [0.1, 0.15) is 30.6 Å². The molecule has 5 heteroatoms. The molecule has 1 saturated heterocycles. The quantitative estimate of drug-likeness (QED) is 0.830. The van der Waals surface area contributed by atoms with Crippen molar-refractivity contribution < 1.29 is 4.79 Å². The van der Waals surface area contributed by atoms with Gasteiger partial charge in [0, 0.05) is 36.9 Å². The summed E-state index contributed by atoms with van der Waals surface area (Å²) in [5.41, 5.74) is 7.53. The minimum absolute atomic E-state index is 0.0434. The first-order valence-corrected chi connectivity index (χ1v) is 6.96. The lowest BCUT2D eigenvalue weighted by molar-refractivity contribution is 0.0535. The second-order valence-electron chi connectivity index (χ2n) is 6.21. The van der Waals surface area contributed by atoms with E-state index in [9.17, 15) is 4.79 Å². The van der Waals surface area contributed by atoms with E-state index in [0.29, 0.717) is 12.1 Å². The fraction of sp³-hybridized carbons (Fsp3) is 0.467. The zero-order valence-corrected chi connectivity index (χ0v) is 11.9. The first-order valence-electron chi connectivity index (χ1n) is 6.96. The van der Waals surface area contributed by atoms with Crippen LogP contribution in [0, 0.1) is 5.41 Å². The van der Waals surface area contributed by atoms with Gasteiger partial charge in [0.2, 0.25) is 0 Å². The largest absolute Gasteiger partial charge is 0.345 e. The number of hydrogen-bond acceptors (Lipinski definition) is 3. The van der Waals surface area contributed by atoms with Gasteiger partial charge in [-0.15, -0.1) is 0 Å². The van der Waals surface area contributed by atoms with Crippen molar-refractivity contribution in [2.75, 3.05) is 13.1 Å². The summed E-state index contributed by atoms with van der Waals surface area (Å²) >= 11 is 0. The number of amides is 1. The Labute approximate surface area is 118 Å². The topological polar surface area (TPSA) is 75.0 Å². The summed E-state index contributed by atoms with van der Waals surface area (Å²) in [4.78, 5) is 21.9. The van der Waals surface area contributed by atoms with Crippen LogP contribution in [0.5, 0.6) is 0 Å². The van der Waals surface area contributed by atoms with Crippen LogP contribution >= 0.6 is 0 Å². The number of aromatic amines is 1. The zero-order valence-electron chi connectivity index (χ0n) is 11.9. The van der Waals surface area contributed by atoms with Crippen LogP contribution in [0.2, 0.25) is 0 Å². The van der Waals surface area contributed by atoms with Gasteiger partial charge in [-0.3, -0.25) is 4.79 Å². The Morgan fingerprint density at radius 2 is 2.35 bits per heavy atom. The summed E-state index contributed by atoms with van der Waals surface area (Å²) in [6, 6.07) is 3.92. The zero-order chi connectivity index (χ0) is 14.3. The van der Waals surface area contributed by atoms with Crippen LogP contribution in [0.25, 0.3) is 11.0 Å². The lowest BCUT2D eigenvalue weighted by Crippen LogP contribution is -2.53. The first kappa shape index (κ1) is 13.1. The van der Waals surface area contributed by atoms with Crippen LogP contribution in [-0.4, -0.2) is 39.9 Å². The molecule has 106 valence electrons. The summed E-state index contributed by atoms with van der Waals surface area (Å²) in [7, 11) is 0. The molecule has 1 aliphatic rings. The molecule has 0 bridgehead atoms. The van der Waals surface area contributed by atoms with Crippen molar-refractivity contribution in [2.45, 2.75) is 26.3 Å². The number of pyridine rings is 1. The van der Waals surface area contributed by atoms with Crippen molar-refractivity contribution in [1.82, 2.24) is 14.9 Å². The Bertz CT molecular complexity index is 646. The van der Waals surface area contributed by atoms with Crippen LogP contribution in [-0.2, 0) is 0 Å². The molecule has 3 N–H and O–H groups in total. The second kappa shape index (κ2) is 4.59. The average Bonchev–Trinajstić information content (AvgIpc) is 2.85. The Balaban J connectivity index is 1.90. The predicted octanol–water partition coefficient (Wildman–Crippen LogP) is 1.76. The molecular formula is C15H20N4O. The number of fused-ring (bicyclic) bond motifs is 1. The van der Waals surface area contributed by atoms with Gasteiger partial charge in [0.1, 0.15) is 5.65 Å². The summed E-state index contributed by atoms with van der Waals surface area (Å²) in [5, 5.41) is 0.880. The highest BCUT2D eigenvalue weighted by Gasteiger charge is 2.36. The number of H-pyrrole nitrogens is 1. The molecule has 0 aliphatic carbocycles. The van der Waals surface area contributed by atoms with E-state index in [1.165, 1.54) is 0 Å². The number of nitrogens with two attached hydrogens (primary N) is 1. The average molecular weight is 272 g/mol. The van der Waals surface area contributed by atoms with Gasteiger partial charge < -0.3 is 15.6 Å². The van der Waals surface area contributed by atoms with Crippen molar-refractivity contribution in [3.8, 4) is 0 Å². The highest BCUT2D eigenvalue weighted by atomic mass is 16.2. The molecule has 1 aliphatic heterocycles. The molecule has 20 heavy (non-hydrogen) atoms. The lowest BCUT2D eigenvalue weighted by atomic mass is 9.79. The predicted molar refractivity (Wildman–Crippen MR) is 78.4 cm³/mol. The van der Waals surface area contributed by atoms with Gasteiger partial charge >= 0.3 is 0 Å². The SMILES string of the molecule is CC1(C)CN(C(=O)c2c[nH]c3ncccc23)CCC1N. The second-order valence-corrected chi connectivity index (χ2v) is 6.21. The normalized spacial score (nSPS) is 22.1. The van der Waals surface area contributed by atoms with Gasteiger partial charge in [-0.25, -0.2) is 4.98 Å². The van der Waals surface area contributed by atoms with Crippen LogP contribution in [0.15, 0.2) is 24.5 Å². The molecule has 3 rings (SSSR count). The maximum atomic E-state index is 12.7. The minimum atomic E-state index is -0.0434. The number of carbonyl (C=O) groups excluding carboxylic acids is 1. The molecule has 2 aromatic rings. The third-order valence-electron chi connectivity index (χ3n) is 4.28. The summed E-state index contributed by atoms with van der Waals surface area (Å²) in [5.74, 6) is 0.0595. The van der Waals surface area contributed by atoms with Crippen molar-refractivity contribution in [3.63, 3.8) is 0 Å². The fourth-order valence-corrected chi connectivity index (χ4v) is 2.85. The first-order chi connectivity index (χ1) is 9.49. The van der Waals surface area contributed by atoms with Crippen LogP contribution in [0.4, 0.5) is 0 Å². The maximum absolute atomic E-state index is 12.7. The monoisotopic (exact) mass is 272 g/mol. The highest BCUT2D eigenvalue weighted by molar-refractivity contribution is 6.05. The molecule has 0 aromatic carbocycles. The van der Waals surface area contributed by atoms with Gasteiger partial charge in [0.05, 0.1) is 5.56 Å². The maximum Gasteiger partial charge on any atom is 0.256 e. The lowest BCUT2D eigenvalue weighted by Gasteiger charge is -2.42. The van der Waals surface area contributed by atoms with Crippen molar-refractivity contribution in [1.29, 1.82) is 0 Å². The number of piperidine rings is 1. The Morgan fingerprint density at radius 3 is 3.10 bits per heavy atom. The van der Waals surface area contributed by atoms with Gasteiger partial charge in [-0.05, 0) is 24.0 Å². The number of nitrogens with one attached hydrogen (secondary N) is 1. The van der Waals surface area contributed by atoms with Crippen LogP contribution in [0.3, 0.4) is 0 Å². The molecule has 0 spiro atoms. The number of nitrogens with zero attached hydrogens (tertiary/aromatic N) is 2. The molecule has 2 aromatic heterocycles. The van der Waals surface area contributed by atoms with E-state index in [1.54, 1.807) is 12.4 Å².